The molecule has 1 aliphatic carbocycles. The molecule has 2 heterocycles. The number of hydrazine groups is 1. The highest BCUT2D eigenvalue weighted by Gasteiger charge is 2.49. The van der Waals surface area contributed by atoms with Crippen LogP contribution in [0.15, 0.2) is 12.8 Å². The third-order valence-corrected chi connectivity index (χ3v) is 3.29. The average Bonchev–Trinajstić information content (AvgIpc) is 2.01. The van der Waals surface area contributed by atoms with Crippen LogP contribution in [-0.4, -0.2) is 23.1 Å². The topological polar surface area (TPSA) is 41.3 Å². The SMILES string of the molecule is C=CN(N)CC12CC(C)CC(C1)N2. The predicted molar refractivity (Wildman–Crippen MR) is 53.8 cm³/mol. The Morgan fingerprint density at radius 2 is 2.38 bits per heavy atom. The number of rotatable bonds is 3. The van der Waals surface area contributed by atoms with Gasteiger partial charge in [0.15, 0.2) is 0 Å². The number of nitrogens with zero attached hydrogens (tertiary/aromatic N) is 1. The predicted octanol–water partition coefficient (Wildman–Crippen LogP) is 0.836. The van der Waals surface area contributed by atoms with E-state index >= 15 is 0 Å². The Morgan fingerprint density at radius 3 is 2.92 bits per heavy atom. The summed E-state index contributed by atoms with van der Waals surface area (Å²) < 4.78 is 0. The summed E-state index contributed by atoms with van der Waals surface area (Å²) in [4.78, 5) is 0. The standard InChI is InChI=1S/C10H19N3/c1-3-13(11)7-10-5-8(2)4-9(6-10)12-10/h3,8-9,12H,1,4-7,11H2,2H3. The maximum Gasteiger partial charge on any atom is 0.0518 e. The Balaban J connectivity index is 1.94. The molecule has 0 aromatic rings. The molecule has 0 aromatic heterocycles. The van der Waals surface area contributed by atoms with Crippen LogP contribution in [-0.2, 0) is 0 Å². The van der Waals surface area contributed by atoms with E-state index in [1.165, 1.54) is 19.3 Å². The average molecular weight is 181 g/mol. The van der Waals surface area contributed by atoms with Crippen LogP contribution in [0.4, 0.5) is 0 Å². The van der Waals surface area contributed by atoms with Crippen LogP contribution < -0.4 is 11.2 Å². The summed E-state index contributed by atoms with van der Waals surface area (Å²) in [6.45, 7) is 6.90. The summed E-state index contributed by atoms with van der Waals surface area (Å²) >= 11 is 0. The van der Waals surface area contributed by atoms with Gasteiger partial charge >= 0.3 is 0 Å². The minimum Gasteiger partial charge on any atom is -0.317 e. The second-order valence-corrected chi connectivity index (χ2v) is 4.73. The number of hydrogen-bond donors (Lipinski definition) is 2. The lowest BCUT2D eigenvalue weighted by Gasteiger charge is -2.57. The summed E-state index contributed by atoms with van der Waals surface area (Å²) in [5.74, 6) is 6.58. The highest BCUT2D eigenvalue weighted by Crippen LogP contribution is 2.41. The van der Waals surface area contributed by atoms with Crippen LogP contribution in [0.1, 0.15) is 26.2 Å². The summed E-state index contributed by atoms with van der Waals surface area (Å²) in [6.07, 6.45) is 5.58. The normalized spacial score (nSPS) is 42.3. The first kappa shape index (κ1) is 9.03. The molecule has 74 valence electrons. The van der Waals surface area contributed by atoms with Crippen LogP contribution >= 0.6 is 0 Å². The molecule has 3 nitrogen and oxygen atoms in total. The first-order chi connectivity index (χ1) is 6.13. The van der Waals surface area contributed by atoms with Gasteiger partial charge in [-0.1, -0.05) is 13.5 Å². The minimum absolute atomic E-state index is 0.297. The minimum atomic E-state index is 0.297. The van der Waals surface area contributed by atoms with Crippen LogP contribution in [0.2, 0.25) is 0 Å². The summed E-state index contributed by atoms with van der Waals surface area (Å²) in [6, 6.07) is 0.752. The van der Waals surface area contributed by atoms with Gasteiger partial charge in [-0.05, 0) is 25.2 Å². The second kappa shape index (κ2) is 3.00. The zero-order chi connectivity index (χ0) is 9.47. The van der Waals surface area contributed by atoms with Crippen molar-refractivity contribution in [3.8, 4) is 0 Å². The number of nitrogens with two attached hydrogens (primary N) is 1. The van der Waals surface area contributed by atoms with Gasteiger partial charge in [-0.25, -0.2) is 5.84 Å². The molecule has 2 saturated heterocycles. The molecule has 2 bridgehead atoms. The molecular formula is C10H19N3. The van der Waals surface area contributed by atoms with Crippen molar-refractivity contribution in [2.75, 3.05) is 6.54 Å². The van der Waals surface area contributed by atoms with Crippen molar-refractivity contribution in [1.29, 1.82) is 0 Å². The van der Waals surface area contributed by atoms with E-state index in [0.29, 0.717) is 5.54 Å². The van der Waals surface area contributed by atoms with E-state index in [0.717, 1.165) is 18.5 Å². The fourth-order valence-electron chi connectivity index (χ4n) is 2.99. The molecule has 3 heteroatoms. The maximum atomic E-state index is 5.73. The fraction of sp³-hybridized carbons (Fsp3) is 0.800. The van der Waals surface area contributed by atoms with E-state index in [9.17, 15) is 0 Å². The van der Waals surface area contributed by atoms with Crippen molar-refractivity contribution in [3.05, 3.63) is 12.8 Å². The van der Waals surface area contributed by atoms with E-state index in [1.54, 1.807) is 11.2 Å². The van der Waals surface area contributed by atoms with Gasteiger partial charge < -0.3 is 10.3 Å². The molecule has 0 amide bonds. The fourth-order valence-corrected chi connectivity index (χ4v) is 2.99. The third kappa shape index (κ3) is 1.58. The maximum absolute atomic E-state index is 5.73. The van der Waals surface area contributed by atoms with Gasteiger partial charge in [0.2, 0.25) is 0 Å². The highest BCUT2D eigenvalue weighted by atomic mass is 15.4. The molecule has 13 heavy (non-hydrogen) atoms. The third-order valence-electron chi connectivity index (χ3n) is 3.29. The van der Waals surface area contributed by atoms with E-state index in [2.05, 4.69) is 18.8 Å². The zero-order valence-corrected chi connectivity index (χ0v) is 8.29. The Bertz CT molecular complexity index is 208. The van der Waals surface area contributed by atoms with Crippen molar-refractivity contribution >= 4 is 0 Å². The van der Waals surface area contributed by atoms with Gasteiger partial charge in [0, 0.05) is 17.8 Å². The Kier molecular flexibility index (Phi) is 2.08. The molecule has 0 spiro atoms. The molecule has 2 aliphatic heterocycles. The molecule has 3 rings (SSSR count). The highest BCUT2D eigenvalue weighted by molar-refractivity contribution is 5.09. The molecule has 0 radical (unpaired) electrons. The second-order valence-electron chi connectivity index (χ2n) is 4.73. The molecule has 3 N–H and O–H groups in total. The molecule has 3 aliphatic rings. The largest absolute Gasteiger partial charge is 0.317 e. The van der Waals surface area contributed by atoms with Gasteiger partial charge in [0.25, 0.3) is 0 Å². The van der Waals surface area contributed by atoms with Crippen LogP contribution in [0, 0.1) is 5.92 Å². The molecule has 1 saturated carbocycles. The molecule has 3 atom stereocenters. The van der Waals surface area contributed by atoms with E-state index < -0.39 is 0 Å². The number of hydrogen-bond acceptors (Lipinski definition) is 3. The van der Waals surface area contributed by atoms with Crippen molar-refractivity contribution in [2.45, 2.75) is 37.8 Å². The van der Waals surface area contributed by atoms with Gasteiger partial charge in [0.1, 0.15) is 0 Å². The zero-order valence-electron chi connectivity index (χ0n) is 8.29. The van der Waals surface area contributed by atoms with Gasteiger partial charge in [-0.15, -0.1) is 0 Å². The molecule has 3 fully saturated rings. The van der Waals surface area contributed by atoms with E-state index in [-0.39, 0.29) is 0 Å². The monoisotopic (exact) mass is 181 g/mol. The summed E-state index contributed by atoms with van der Waals surface area (Å²) in [7, 11) is 0. The lowest BCUT2D eigenvalue weighted by molar-refractivity contribution is 0.0180. The molecule has 0 aromatic carbocycles. The van der Waals surface area contributed by atoms with Crippen LogP contribution in [0.5, 0.6) is 0 Å². The van der Waals surface area contributed by atoms with Gasteiger partial charge in [0.05, 0.1) is 6.54 Å². The summed E-state index contributed by atoms with van der Waals surface area (Å²) in [5.41, 5.74) is 0.297. The Morgan fingerprint density at radius 1 is 1.69 bits per heavy atom. The van der Waals surface area contributed by atoms with E-state index in [4.69, 9.17) is 5.84 Å². The van der Waals surface area contributed by atoms with Crippen molar-refractivity contribution in [2.24, 2.45) is 11.8 Å². The van der Waals surface area contributed by atoms with Crippen molar-refractivity contribution < 1.29 is 0 Å². The molecule has 3 unspecified atom stereocenters. The smallest absolute Gasteiger partial charge is 0.0518 e. The Hall–Kier alpha value is -0.540. The quantitative estimate of drug-likeness (QED) is 0.500. The number of piperidine rings is 1. The first-order valence-corrected chi connectivity index (χ1v) is 5.05. The lowest BCUT2D eigenvalue weighted by atomic mass is 9.66. The lowest BCUT2D eigenvalue weighted by Crippen LogP contribution is -2.71. The Labute approximate surface area is 79.9 Å². The van der Waals surface area contributed by atoms with Crippen molar-refractivity contribution in [1.82, 2.24) is 10.3 Å². The van der Waals surface area contributed by atoms with Crippen LogP contribution in [0.25, 0.3) is 0 Å². The van der Waals surface area contributed by atoms with E-state index in [1.807, 2.05) is 0 Å². The number of nitrogens with one attached hydrogen (secondary N) is 1. The molecular weight excluding hydrogens is 162 g/mol. The first-order valence-electron chi connectivity index (χ1n) is 5.05. The van der Waals surface area contributed by atoms with Crippen molar-refractivity contribution in [3.63, 3.8) is 0 Å². The van der Waals surface area contributed by atoms with Crippen LogP contribution in [0.3, 0.4) is 0 Å². The number of fused-ring (bicyclic) bond motifs is 2. The van der Waals surface area contributed by atoms with Gasteiger partial charge in [-0.2, -0.15) is 0 Å². The van der Waals surface area contributed by atoms with Gasteiger partial charge in [-0.3, -0.25) is 0 Å². The summed E-state index contributed by atoms with van der Waals surface area (Å²) in [5, 5.41) is 5.31.